The molecular formula is C17H18N4O2S. The van der Waals surface area contributed by atoms with Gasteiger partial charge in [-0.1, -0.05) is 23.9 Å². The van der Waals surface area contributed by atoms with Crippen LogP contribution in [0.2, 0.25) is 0 Å². The number of para-hydroxylation sites is 1. The van der Waals surface area contributed by atoms with Gasteiger partial charge in [0.05, 0.1) is 22.7 Å². The van der Waals surface area contributed by atoms with Crippen LogP contribution in [0.4, 0.5) is 0 Å². The Morgan fingerprint density at radius 3 is 2.83 bits per heavy atom. The molecule has 1 aliphatic carbocycles. The highest BCUT2D eigenvalue weighted by molar-refractivity contribution is 7.99. The molecule has 7 heteroatoms. The van der Waals surface area contributed by atoms with E-state index >= 15 is 0 Å². The monoisotopic (exact) mass is 342 g/mol. The zero-order valence-corrected chi connectivity index (χ0v) is 14.2. The predicted molar refractivity (Wildman–Crippen MR) is 92.7 cm³/mol. The normalized spacial score (nSPS) is 16.0. The molecule has 1 N–H and O–H groups in total. The summed E-state index contributed by atoms with van der Waals surface area (Å²) in [4.78, 5) is 29.0. The van der Waals surface area contributed by atoms with E-state index in [1.54, 1.807) is 25.2 Å². The van der Waals surface area contributed by atoms with Crippen molar-refractivity contribution in [3.63, 3.8) is 0 Å². The van der Waals surface area contributed by atoms with Crippen LogP contribution in [0.5, 0.6) is 0 Å². The molecule has 0 unspecified atom stereocenters. The van der Waals surface area contributed by atoms with Crippen molar-refractivity contribution in [2.24, 2.45) is 7.05 Å². The van der Waals surface area contributed by atoms with Gasteiger partial charge in [-0.2, -0.15) is 5.26 Å². The number of carbonyl (C=O) groups is 1. The fraction of sp³-hybridized carbons (Fsp3) is 0.412. The first-order valence-electron chi connectivity index (χ1n) is 7.85. The molecule has 6 nitrogen and oxygen atoms in total. The zero-order chi connectivity index (χ0) is 17.2. The quantitative estimate of drug-likeness (QED) is 0.678. The maximum absolute atomic E-state index is 12.3. The summed E-state index contributed by atoms with van der Waals surface area (Å²) in [5.41, 5.74) is -0.235. The molecule has 124 valence electrons. The fourth-order valence-electron chi connectivity index (χ4n) is 3.00. The third-order valence-corrected chi connectivity index (χ3v) is 5.35. The third kappa shape index (κ3) is 3.15. The van der Waals surface area contributed by atoms with Crippen molar-refractivity contribution in [2.45, 2.75) is 36.4 Å². The van der Waals surface area contributed by atoms with Gasteiger partial charge in [0.25, 0.3) is 5.56 Å². The van der Waals surface area contributed by atoms with Crippen molar-refractivity contribution in [2.75, 3.05) is 5.75 Å². The highest BCUT2D eigenvalue weighted by atomic mass is 32.2. The first-order chi connectivity index (χ1) is 11.5. The molecule has 0 aliphatic heterocycles. The number of hydrogen-bond acceptors (Lipinski definition) is 5. The number of amides is 1. The van der Waals surface area contributed by atoms with Gasteiger partial charge in [0.2, 0.25) is 5.91 Å². The fourth-order valence-corrected chi connectivity index (χ4v) is 3.77. The third-order valence-electron chi connectivity index (χ3n) is 4.32. The number of thioether (sulfide) groups is 1. The van der Waals surface area contributed by atoms with Crippen molar-refractivity contribution in [1.82, 2.24) is 14.9 Å². The lowest BCUT2D eigenvalue weighted by molar-refractivity contribution is -0.119. The van der Waals surface area contributed by atoms with Crippen LogP contribution >= 0.6 is 11.8 Å². The number of nitriles is 1. The van der Waals surface area contributed by atoms with Gasteiger partial charge in [-0.25, -0.2) is 4.98 Å². The molecule has 1 aromatic carbocycles. The first-order valence-corrected chi connectivity index (χ1v) is 8.84. The smallest absolute Gasteiger partial charge is 0.261 e. The second-order valence-corrected chi connectivity index (χ2v) is 6.96. The number of carbonyl (C=O) groups excluding carboxylic acids is 1. The molecule has 24 heavy (non-hydrogen) atoms. The van der Waals surface area contributed by atoms with Gasteiger partial charge in [0, 0.05) is 7.05 Å². The summed E-state index contributed by atoms with van der Waals surface area (Å²) in [6.45, 7) is 0. The lowest BCUT2D eigenvalue weighted by Gasteiger charge is -2.21. The standard InChI is InChI=1S/C17H18N4O2S/c1-21-15(23)12-6-2-3-7-13(12)19-16(21)24-10-14(22)20-17(11-18)8-4-5-9-17/h2-3,6-7H,4-5,8-10H2,1H3,(H,20,22). The predicted octanol–water partition coefficient (Wildman–Crippen LogP) is 1.98. The lowest BCUT2D eigenvalue weighted by atomic mass is 10.0. The molecule has 2 aromatic rings. The Bertz CT molecular complexity index is 878. The summed E-state index contributed by atoms with van der Waals surface area (Å²) in [5, 5.41) is 13.2. The number of nitrogens with zero attached hydrogens (tertiary/aromatic N) is 3. The largest absolute Gasteiger partial charge is 0.337 e. The number of aromatic nitrogens is 2. The van der Waals surface area contributed by atoms with Crippen LogP contribution in [0.15, 0.2) is 34.2 Å². The maximum atomic E-state index is 12.3. The Balaban J connectivity index is 1.74. The Hall–Kier alpha value is -2.33. The number of hydrogen-bond donors (Lipinski definition) is 1. The number of benzene rings is 1. The second kappa shape index (κ2) is 6.65. The minimum absolute atomic E-state index is 0.127. The van der Waals surface area contributed by atoms with Gasteiger partial charge in [-0.05, 0) is 37.8 Å². The van der Waals surface area contributed by atoms with Crippen molar-refractivity contribution in [3.8, 4) is 6.07 Å². The van der Waals surface area contributed by atoms with E-state index in [4.69, 9.17) is 0 Å². The summed E-state index contributed by atoms with van der Waals surface area (Å²) < 4.78 is 1.45. The van der Waals surface area contributed by atoms with Crippen LogP contribution in [0.25, 0.3) is 10.9 Å². The van der Waals surface area contributed by atoms with Gasteiger partial charge in [0.1, 0.15) is 5.54 Å². The number of nitrogens with one attached hydrogen (secondary N) is 1. The van der Waals surface area contributed by atoms with Gasteiger partial charge in [0.15, 0.2) is 5.16 Å². The van der Waals surface area contributed by atoms with Crippen LogP contribution in [0.1, 0.15) is 25.7 Å². The summed E-state index contributed by atoms with van der Waals surface area (Å²) in [6.07, 6.45) is 3.32. The second-order valence-electron chi connectivity index (χ2n) is 6.01. The molecule has 0 bridgehead atoms. The molecule has 0 spiro atoms. The Labute approximate surface area is 143 Å². The average molecular weight is 342 g/mol. The highest BCUT2D eigenvalue weighted by Gasteiger charge is 2.35. The average Bonchev–Trinajstić information content (AvgIpc) is 3.06. The van der Waals surface area contributed by atoms with Crippen LogP contribution in [-0.4, -0.2) is 26.8 Å². The van der Waals surface area contributed by atoms with E-state index in [1.165, 1.54) is 16.3 Å². The van der Waals surface area contributed by atoms with Crippen LogP contribution < -0.4 is 10.9 Å². The molecule has 3 rings (SSSR count). The van der Waals surface area contributed by atoms with Crippen molar-refractivity contribution in [3.05, 3.63) is 34.6 Å². The van der Waals surface area contributed by atoms with Gasteiger partial charge >= 0.3 is 0 Å². The minimum Gasteiger partial charge on any atom is -0.337 e. The van der Waals surface area contributed by atoms with Crippen LogP contribution in [0, 0.1) is 11.3 Å². The van der Waals surface area contributed by atoms with Crippen molar-refractivity contribution >= 4 is 28.6 Å². The topological polar surface area (TPSA) is 87.8 Å². The van der Waals surface area contributed by atoms with Gasteiger partial charge in [-0.3, -0.25) is 14.2 Å². The summed E-state index contributed by atoms with van der Waals surface area (Å²) >= 11 is 1.21. The molecule has 1 aliphatic rings. The van der Waals surface area contributed by atoms with Gasteiger partial charge < -0.3 is 5.32 Å². The molecule has 0 radical (unpaired) electrons. The minimum atomic E-state index is -0.722. The summed E-state index contributed by atoms with van der Waals surface area (Å²) in [6, 6.07) is 9.39. The van der Waals surface area contributed by atoms with E-state index in [0.717, 1.165) is 12.8 Å². The molecular weight excluding hydrogens is 324 g/mol. The highest BCUT2D eigenvalue weighted by Crippen LogP contribution is 2.29. The van der Waals surface area contributed by atoms with Crippen LogP contribution in [-0.2, 0) is 11.8 Å². The molecule has 1 heterocycles. The van der Waals surface area contributed by atoms with E-state index in [9.17, 15) is 14.9 Å². The Morgan fingerprint density at radius 2 is 2.12 bits per heavy atom. The first kappa shape index (κ1) is 16.5. The van der Waals surface area contributed by atoms with Crippen molar-refractivity contribution in [1.29, 1.82) is 5.26 Å². The zero-order valence-electron chi connectivity index (χ0n) is 13.4. The summed E-state index contributed by atoms with van der Waals surface area (Å²) in [5.74, 6) is -0.0759. The maximum Gasteiger partial charge on any atom is 0.261 e. The molecule has 0 atom stereocenters. The van der Waals surface area contributed by atoms with E-state index in [2.05, 4.69) is 16.4 Å². The lowest BCUT2D eigenvalue weighted by Crippen LogP contribution is -2.45. The summed E-state index contributed by atoms with van der Waals surface area (Å²) in [7, 11) is 1.65. The number of rotatable bonds is 4. The molecule has 1 fully saturated rings. The Morgan fingerprint density at radius 1 is 1.42 bits per heavy atom. The molecule has 0 saturated heterocycles. The molecule has 1 saturated carbocycles. The molecule has 1 amide bonds. The van der Waals surface area contributed by atoms with Crippen molar-refractivity contribution < 1.29 is 4.79 Å². The van der Waals surface area contributed by atoms with Crippen LogP contribution in [0.3, 0.4) is 0 Å². The Kier molecular flexibility index (Phi) is 4.58. The molecule has 1 aromatic heterocycles. The van der Waals surface area contributed by atoms with E-state index in [1.807, 2.05) is 6.07 Å². The van der Waals surface area contributed by atoms with E-state index in [0.29, 0.717) is 28.9 Å². The SMILES string of the molecule is Cn1c(SCC(=O)NC2(C#N)CCCC2)nc2ccccc2c1=O. The number of fused-ring (bicyclic) bond motifs is 1. The van der Waals surface area contributed by atoms with Gasteiger partial charge in [-0.15, -0.1) is 0 Å². The van der Waals surface area contributed by atoms with E-state index in [-0.39, 0.29) is 17.2 Å². The van der Waals surface area contributed by atoms with E-state index < -0.39 is 5.54 Å².